The average Bonchev–Trinajstić information content (AvgIpc) is 2.72. The molecule has 0 saturated carbocycles. The van der Waals surface area contributed by atoms with Crippen LogP contribution in [0.5, 0.6) is 0 Å². The molecular weight excluding hydrogens is 240 g/mol. The Kier molecular flexibility index (Phi) is 2.90. The van der Waals surface area contributed by atoms with E-state index in [1.54, 1.807) is 18.2 Å². The van der Waals surface area contributed by atoms with E-state index in [4.69, 9.17) is 11.6 Å². The molecule has 88 valence electrons. The van der Waals surface area contributed by atoms with E-state index >= 15 is 0 Å². The number of rotatable bonds is 2. The van der Waals surface area contributed by atoms with E-state index in [-0.39, 0.29) is 0 Å². The maximum absolute atomic E-state index is 11.9. The minimum Gasteiger partial charge on any atom is -0.360 e. The molecule has 0 spiro atoms. The molecule has 0 unspecified atom stereocenters. The van der Waals surface area contributed by atoms with Crippen LogP contribution in [-0.2, 0) is 4.79 Å². The summed E-state index contributed by atoms with van der Waals surface area (Å²) in [6.45, 7) is 0. The maximum atomic E-state index is 11.9. The number of hydrogen-bond acceptors (Lipinski definition) is 2. The van der Waals surface area contributed by atoms with Gasteiger partial charge in [0, 0.05) is 31.2 Å². The first-order chi connectivity index (χ1) is 8.02. The molecular formula is C12H11ClN2O2. The molecule has 0 saturated heterocycles. The summed E-state index contributed by atoms with van der Waals surface area (Å²) in [6, 6.07) is 5.27. The van der Waals surface area contributed by atoms with Gasteiger partial charge < -0.3 is 9.88 Å². The van der Waals surface area contributed by atoms with Gasteiger partial charge in [-0.2, -0.15) is 0 Å². The molecule has 1 heterocycles. The first-order valence-corrected chi connectivity index (χ1v) is 5.41. The molecule has 5 heteroatoms. The van der Waals surface area contributed by atoms with Crippen molar-refractivity contribution in [1.82, 2.24) is 9.88 Å². The van der Waals surface area contributed by atoms with Crippen LogP contribution < -0.4 is 0 Å². The third-order valence-corrected chi connectivity index (χ3v) is 2.81. The number of nitrogens with one attached hydrogen (secondary N) is 1. The number of likely N-dealkylation sites (N-methyl/N-ethyl adjacent to an activating group) is 1. The van der Waals surface area contributed by atoms with Crippen molar-refractivity contribution in [3.8, 4) is 0 Å². The fourth-order valence-electron chi connectivity index (χ4n) is 1.64. The number of carbonyl (C=O) groups is 2. The van der Waals surface area contributed by atoms with Crippen LogP contribution in [-0.4, -0.2) is 35.7 Å². The summed E-state index contributed by atoms with van der Waals surface area (Å²) < 4.78 is 0. The molecule has 2 aromatic rings. The number of aromatic nitrogens is 1. The number of aromatic amines is 1. The van der Waals surface area contributed by atoms with E-state index in [0.717, 1.165) is 5.52 Å². The normalized spacial score (nSPS) is 10.5. The van der Waals surface area contributed by atoms with Crippen molar-refractivity contribution in [2.45, 2.75) is 0 Å². The minimum atomic E-state index is -0.564. The summed E-state index contributed by atoms with van der Waals surface area (Å²) in [6.07, 6.45) is 1.51. The Balaban J connectivity index is 2.57. The van der Waals surface area contributed by atoms with Gasteiger partial charge >= 0.3 is 0 Å². The van der Waals surface area contributed by atoms with Crippen LogP contribution in [0.3, 0.4) is 0 Å². The Morgan fingerprint density at radius 1 is 1.29 bits per heavy atom. The standard InChI is InChI=1S/C12H11ClN2O2/c1-15(2)12(17)11(16)7-6-14-9-5-3-4-8(13)10(7)9/h3-6,14H,1-2H3. The van der Waals surface area contributed by atoms with E-state index < -0.39 is 11.7 Å². The van der Waals surface area contributed by atoms with Gasteiger partial charge in [-0.15, -0.1) is 0 Å². The Morgan fingerprint density at radius 3 is 2.65 bits per heavy atom. The monoisotopic (exact) mass is 250 g/mol. The number of benzene rings is 1. The first kappa shape index (κ1) is 11.7. The molecule has 2 rings (SSSR count). The average molecular weight is 251 g/mol. The molecule has 17 heavy (non-hydrogen) atoms. The zero-order valence-corrected chi connectivity index (χ0v) is 10.2. The molecule has 4 nitrogen and oxygen atoms in total. The van der Waals surface area contributed by atoms with Crippen molar-refractivity contribution in [3.05, 3.63) is 35.0 Å². The maximum Gasteiger partial charge on any atom is 0.294 e. The molecule has 0 aliphatic carbocycles. The van der Waals surface area contributed by atoms with Gasteiger partial charge in [-0.3, -0.25) is 9.59 Å². The second-order valence-electron chi connectivity index (χ2n) is 3.89. The SMILES string of the molecule is CN(C)C(=O)C(=O)c1c[nH]c2cccc(Cl)c12. The Labute approximate surface area is 103 Å². The highest BCUT2D eigenvalue weighted by molar-refractivity contribution is 6.46. The molecule has 1 amide bonds. The number of halogens is 1. The number of amides is 1. The molecule has 0 aliphatic heterocycles. The highest BCUT2D eigenvalue weighted by atomic mass is 35.5. The van der Waals surface area contributed by atoms with E-state index in [1.165, 1.54) is 25.2 Å². The van der Waals surface area contributed by atoms with Crippen LogP contribution in [0.4, 0.5) is 0 Å². The van der Waals surface area contributed by atoms with Gasteiger partial charge in [0.2, 0.25) is 0 Å². The third kappa shape index (κ3) is 1.91. The molecule has 1 N–H and O–H groups in total. The van der Waals surface area contributed by atoms with E-state index in [1.807, 2.05) is 0 Å². The van der Waals surface area contributed by atoms with Crippen LogP contribution in [0.2, 0.25) is 5.02 Å². The van der Waals surface area contributed by atoms with Crippen molar-refractivity contribution in [3.63, 3.8) is 0 Å². The van der Waals surface area contributed by atoms with Gasteiger partial charge in [0.15, 0.2) is 0 Å². The summed E-state index contributed by atoms with van der Waals surface area (Å²) in [5.74, 6) is -1.12. The van der Waals surface area contributed by atoms with Gasteiger partial charge in [-0.1, -0.05) is 17.7 Å². The van der Waals surface area contributed by atoms with Crippen molar-refractivity contribution in [2.24, 2.45) is 0 Å². The van der Waals surface area contributed by atoms with Crippen molar-refractivity contribution >= 4 is 34.2 Å². The quantitative estimate of drug-likeness (QED) is 0.656. The Bertz CT molecular complexity index is 602. The van der Waals surface area contributed by atoms with Gasteiger partial charge in [-0.25, -0.2) is 0 Å². The zero-order valence-electron chi connectivity index (χ0n) is 9.45. The van der Waals surface area contributed by atoms with Crippen molar-refractivity contribution in [2.75, 3.05) is 14.1 Å². The summed E-state index contributed by atoms with van der Waals surface area (Å²) >= 11 is 6.03. The zero-order chi connectivity index (χ0) is 12.6. The lowest BCUT2D eigenvalue weighted by Crippen LogP contribution is -2.29. The number of H-pyrrole nitrogens is 1. The lowest BCUT2D eigenvalue weighted by Gasteiger charge is -2.08. The van der Waals surface area contributed by atoms with E-state index in [2.05, 4.69) is 4.98 Å². The lowest BCUT2D eigenvalue weighted by molar-refractivity contribution is -0.124. The van der Waals surface area contributed by atoms with Crippen LogP contribution in [0.1, 0.15) is 10.4 Å². The molecule has 0 bridgehead atoms. The number of fused-ring (bicyclic) bond motifs is 1. The van der Waals surface area contributed by atoms with Crippen LogP contribution in [0.15, 0.2) is 24.4 Å². The van der Waals surface area contributed by atoms with Crippen molar-refractivity contribution < 1.29 is 9.59 Å². The fraction of sp³-hybridized carbons (Fsp3) is 0.167. The lowest BCUT2D eigenvalue weighted by atomic mass is 10.1. The number of nitrogens with zero attached hydrogens (tertiary/aromatic N) is 1. The van der Waals surface area contributed by atoms with Gasteiger partial charge in [0.05, 0.1) is 10.6 Å². The summed E-state index contributed by atoms with van der Waals surface area (Å²) in [5.41, 5.74) is 1.05. The van der Waals surface area contributed by atoms with E-state index in [0.29, 0.717) is 16.0 Å². The summed E-state index contributed by atoms with van der Waals surface area (Å²) in [5, 5.41) is 1.05. The highest BCUT2D eigenvalue weighted by Crippen LogP contribution is 2.26. The Morgan fingerprint density at radius 2 is 2.00 bits per heavy atom. The topological polar surface area (TPSA) is 53.2 Å². The van der Waals surface area contributed by atoms with Gasteiger partial charge in [0.25, 0.3) is 11.7 Å². The second kappa shape index (κ2) is 4.22. The van der Waals surface area contributed by atoms with Crippen LogP contribution >= 0.6 is 11.6 Å². The van der Waals surface area contributed by atoms with Crippen LogP contribution in [0, 0.1) is 0 Å². The molecule has 0 radical (unpaired) electrons. The highest BCUT2D eigenvalue weighted by Gasteiger charge is 2.22. The molecule has 0 atom stereocenters. The van der Waals surface area contributed by atoms with E-state index in [9.17, 15) is 9.59 Å². The molecule has 1 aromatic carbocycles. The largest absolute Gasteiger partial charge is 0.360 e. The minimum absolute atomic E-state index is 0.310. The molecule has 0 aliphatic rings. The van der Waals surface area contributed by atoms with Crippen LogP contribution in [0.25, 0.3) is 10.9 Å². The Hall–Kier alpha value is -1.81. The number of Topliss-reactive ketones (excluding diaryl/α,β-unsaturated/α-hetero) is 1. The number of ketones is 1. The molecule has 0 fully saturated rings. The van der Waals surface area contributed by atoms with Crippen molar-refractivity contribution in [1.29, 1.82) is 0 Å². The summed E-state index contributed by atoms with van der Waals surface area (Å²) in [4.78, 5) is 27.7. The first-order valence-electron chi connectivity index (χ1n) is 5.04. The number of hydrogen-bond donors (Lipinski definition) is 1. The van der Waals surface area contributed by atoms with Gasteiger partial charge in [0.1, 0.15) is 0 Å². The molecule has 1 aromatic heterocycles. The third-order valence-electron chi connectivity index (χ3n) is 2.50. The summed E-state index contributed by atoms with van der Waals surface area (Å²) in [7, 11) is 3.08. The second-order valence-corrected chi connectivity index (χ2v) is 4.30. The predicted molar refractivity (Wildman–Crippen MR) is 66.3 cm³/mol. The fourth-order valence-corrected chi connectivity index (χ4v) is 1.91. The predicted octanol–water partition coefficient (Wildman–Crippen LogP) is 2.09. The smallest absolute Gasteiger partial charge is 0.294 e. The van der Waals surface area contributed by atoms with Gasteiger partial charge in [-0.05, 0) is 12.1 Å². The number of carbonyl (C=O) groups excluding carboxylic acids is 2.